The quantitative estimate of drug-likeness (QED) is 0.848. The second kappa shape index (κ2) is 5.39. The van der Waals surface area contributed by atoms with Crippen LogP contribution in [0.4, 0.5) is 4.79 Å². The molecule has 4 rings (SSSR count). The summed E-state index contributed by atoms with van der Waals surface area (Å²) in [4.78, 5) is 30.7. The molecular weight excluding hydrogens is 334 g/mol. The molecule has 23 heavy (non-hydrogen) atoms. The lowest BCUT2D eigenvalue weighted by Gasteiger charge is -2.20. The Morgan fingerprint density at radius 1 is 1.35 bits per heavy atom. The molecule has 0 aliphatic carbocycles. The minimum absolute atomic E-state index is 0.143. The molecule has 5 nitrogen and oxygen atoms in total. The Kier molecular flexibility index (Phi) is 3.46. The molecule has 3 heterocycles. The normalized spacial score (nSPS) is 24.0. The van der Waals surface area contributed by atoms with Gasteiger partial charge in [0.1, 0.15) is 5.54 Å². The number of nitrogens with one attached hydrogen (secondary N) is 1. The van der Waals surface area contributed by atoms with Gasteiger partial charge in [-0.1, -0.05) is 23.7 Å². The lowest BCUT2D eigenvalue weighted by molar-refractivity contribution is -0.130. The maximum atomic E-state index is 12.8. The van der Waals surface area contributed by atoms with Crippen molar-refractivity contribution in [1.82, 2.24) is 15.2 Å². The van der Waals surface area contributed by atoms with Gasteiger partial charge in [0.2, 0.25) is 0 Å². The number of thioether (sulfide) groups is 1. The van der Waals surface area contributed by atoms with E-state index in [1.54, 1.807) is 24.0 Å². The second-order valence-corrected chi connectivity index (χ2v) is 7.32. The third kappa shape index (κ3) is 2.28. The molecule has 3 amide bonds. The van der Waals surface area contributed by atoms with E-state index in [-0.39, 0.29) is 18.5 Å². The average Bonchev–Trinajstić information content (AvgIpc) is 3.11. The number of aromatic nitrogens is 1. The van der Waals surface area contributed by atoms with Crippen molar-refractivity contribution in [1.29, 1.82) is 0 Å². The van der Waals surface area contributed by atoms with E-state index in [2.05, 4.69) is 10.3 Å². The SMILES string of the molecule is O=C1N[C@@]2(CCSC2)C(=O)N1Cc1c(Cl)ccc2cccnc12. The Morgan fingerprint density at radius 2 is 2.22 bits per heavy atom. The molecule has 0 bridgehead atoms. The Labute approximate surface area is 142 Å². The first kappa shape index (κ1) is 14.8. The minimum Gasteiger partial charge on any atom is -0.322 e. The van der Waals surface area contributed by atoms with Crippen molar-refractivity contribution >= 4 is 46.2 Å². The topological polar surface area (TPSA) is 62.3 Å². The number of imide groups is 1. The summed E-state index contributed by atoms with van der Waals surface area (Å²) < 4.78 is 0. The number of rotatable bonds is 2. The van der Waals surface area contributed by atoms with E-state index in [1.807, 2.05) is 18.2 Å². The van der Waals surface area contributed by atoms with Gasteiger partial charge in [-0.15, -0.1) is 0 Å². The van der Waals surface area contributed by atoms with Crippen molar-refractivity contribution < 1.29 is 9.59 Å². The zero-order chi connectivity index (χ0) is 16.0. The maximum Gasteiger partial charge on any atom is 0.325 e. The molecule has 0 unspecified atom stereocenters. The Morgan fingerprint density at radius 3 is 3.00 bits per heavy atom. The number of amides is 3. The number of hydrogen-bond acceptors (Lipinski definition) is 4. The molecule has 2 aromatic rings. The van der Waals surface area contributed by atoms with Crippen LogP contribution in [0.15, 0.2) is 30.5 Å². The fraction of sp³-hybridized carbons (Fsp3) is 0.312. The van der Waals surface area contributed by atoms with Crippen LogP contribution < -0.4 is 5.32 Å². The molecular formula is C16H14ClN3O2S. The van der Waals surface area contributed by atoms with Crippen LogP contribution in [0.5, 0.6) is 0 Å². The lowest BCUT2D eigenvalue weighted by Crippen LogP contribution is -2.46. The van der Waals surface area contributed by atoms with Crippen LogP contribution in [-0.2, 0) is 11.3 Å². The molecule has 1 spiro atoms. The average molecular weight is 348 g/mol. The van der Waals surface area contributed by atoms with Crippen LogP contribution in [0.3, 0.4) is 0 Å². The number of carbonyl (C=O) groups is 2. The van der Waals surface area contributed by atoms with Gasteiger partial charge in [-0.25, -0.2) is 4.79 Å². The van der Waals surface area contributed by atoms with Crippen molar-refractivity contribution in [2.24, 2.45) is 0 Å². The number of fused-ring (bicyclic) bond motifs is 1. The Bertz CT molecular complexity index is 820. The van der Waals surface area contributed by atoms with Gasteiger partial charge in [0, 0.05) is 27.9 Å². The third-order valence-corrected chi connectivity index (χ3v) is 5.95. The molecule has 118 valence electrons. The number of benzene rings is 1. The van der Waals surface area contributed by atoms with Gasteiger partial charge in [-0.2, -0.15) is 11.8 Å². The standard InChI is InChI=1S/C16H14ClN3O2S/c17-12-4-3-10-2-1-6-18-13(10)11(12)8-20-14(21)16(19-15(20)22)5-7-23-9-16/h1-4,6H,5,7-9H2,(H,19,22)/t16-/m1/s1. The van der Waals surface area contributed by atoms with E-state index in [1.165, 1.54) is 4.90 Å². The summed E-state index contributed by atoms with van der Waals surface area (Å²) >= 11 is 8.00. The molecule has 1 atom stereocenters. The van der Waals surface area contributed by atoms with E-state index in [0.29, 0.717) is 22.8 Å². The van der Waals surface area contributed by atoms with E-state index in [4.69, 9.17) is 11.6 Å². The van der Waals surface area contributed by atoms with Gasteiger partial charge in [0.05, 0.1) is 12.1 Å². The fourth-order valence-corrected chi connectivity index (χ4v) is 4.68. The number of pyridine rings is 1. The molecule has 7 heteroatoms. The van der Waals surface area contributed by atoms with E-state index >= 15 is 0 Å². The number of nitrogens with zero attached hydrogens (tertiary/aromatic N) is 2. The molecule has 1 aromatic carbocycles. The summed E-state index contributed by atoms with van der Waals surface area (Å²) in [6, 6.07) is 7.10. The zero-order valence-corrected chi connectivity index (χ0v) is 13.8. The van der Waals surface area contributed by atoms with Crippen molar-refractivity contribution in [3.05, 3.63) is 41.0 Å². The van der Waals surface area contributed by atoms with Gasteiger partial charge in [0.15, 0.2) is 0 Å². The Hall–Kier alpha value is -1.79. The predicted molar refractivity (Wildman–Crippen MR) is 90.5 cm³/mol. The maximum absolute atomic E-state index is 12.8. The molecule has 0 saturated carbocycles. The van der Waals surface area contributed by atoms with Crippen molar-refractivity contribution in [3.8, 4) is 0 Å². The van der Waals surface area contributed by atoms with Crippen LogP contribution in [0, 0.1) is 0 Å². The summed E-state index contributed by atoms with van der Waals surface area (Å²) in [6.45, 7) is 0.143. The van der Waals surface area contributed by atoms with Gasteiger partial charge >= 0.3 is 6.03 Å². The molecule has 2 fully saturated rings. The highest BCUT2D eigenvalue weighted by atomic mass is 35.5. The monoisotopic (exact) mass is 347 g/mol. The van der Waals surface area contributed by atoms with Crippen LogP contribution in [0.25, 0.3) is 10.9 Å². The zero-order valence-electron chi connectivity index (χ0n) is 12.2. The minimum atomic E-state index is -0.730. The van der Waals surface area contributed by atoms with E-state index < -0.39 is 5.54 Å². The van der Waals surface area contributed by atoms with Crippen molar-refractivity contribution in [2.75, 3.05) is 11.5 Å². The highest BCUT2D eigenvalue weighted by Gasteiger charge is 2.52. The van der Waals surface area contributed by atoms with Crippen LogP contribution in [-0.4, -0.2) is 38.9 Å². The molecule has 1 N–H and O–H groups in total. The molecule has 1 aromatic heterocycles. The number of carbonyl (C=O) groups excluding carboxylic acids is 2. The van der Waals surface area contributed by atoms with Crippen LogP contribution >= 0.6 is 23.4 Å². The van der Waals surface area contributed by atoms with Gasteiger partial charge in [0.25, 0.3) is 5.91 Å². The van der Waals surface area contributed by atoms with E-state index in [0.717, 1.165) is 16.7 Å². The smallest absolute Gasteiger partial charge is 0.322 e. The van der Waals surface area contributed by atoms with Crippen LogP contribution in [0.1, 0.15) is 12.0 Å². The lowest BCUT2D eigenvalue weighted by atomic mass is 9.99. The largest absolute Gasteiger partial charge is 0.325 e. The molecule has 2 aliphatic rings. The first-order valence-corrected chi connectivity index (χ1v) is 8.88. The highest BCUT2D eigenvalue weighted by Crippen LogP contribution is 2.35. The van der Waals surface area contributed by atoms with Crippen LogP contribution in [0.2, 0.25) is 5.02 Å². The highest BCUT2D eigenvalue weighted by molar-refractivity contribution is 7.99. The summed E-state index contributed by atoms with van der Waals surface area (Å²) in [7, 11) is 0. The van der Waals surface area contributed by atoms with Gasteiger partial charge in [-0.05, 0) is 24.3 Å². The second-order valence-electron chi connectivity index (χ2n) is 5.81. The first-order valence-electron chi connectivity index (χ1n) is 7.35. The molecule has 2 saturated heterocycles. The summed E-state index contributed by atoms with van der Waals surface area (Å²) in [6.07, 6.45) is 2.36. The van der Waals surface area contributed by atoms with Gasteiger partial charge in [-0.3, -0.25) is 14.7 Å². The molecule has 2 aliphatic heterocycles. The van der Waals surface area contributed by atoms with Crippen molar-refractivity contribution in [3.63, 3.8) is 0 Å². The summed E-state index contributed by atoms with van der Waals surface area (Å²) in [5.74, 6) is 1.36. The molecule has 0 radical (unpaired) electrons. The van der Waals surface area contributed by atoms with Gasteiger partial charge < -0.3 is 5.32 Å². The summed E-state index contributed by atoms with van der Waals surface area (Å²) in [5, 5.41) is 4.32. The number of hydrogen-bond donors (Lipinski definition) is 1. The number of halogens is 1. The Balaban J connectivity index is 1.72. The number of urea groups is 1. The third-order valence-electron chi connectivity index (χ3n) is 4.41. The van der Waals surface area contributed by atoms with E-state index in [9.17, 15) is 9.59 Å². The fourth-order valence-electron chi connectivity index (χ4n) is 3.14. The first-order chi connectivity index (χ1) is 11.1. The predicted octanol–water partition coefficient (Wildman–Crippen LogP) is 2.82. The summed E-state index contributed by atoms with van der Waals surface area (Å²) in [5.41, 5.74) is 0.699. The van der Waals surface area contributed by atoms with Crippen molar-refractivity contribution in [2.45, 2.75) is 18.5 Å².